The number of amides is 2. The molecule has 1 saturated heterocycles. The van der Waals surface area contributed by atoms with Crippen LogP contribution in [-0.4, -0.2) is 40.7 Å². The van der Waals surface area contributed by atoms with E-state index in [4.69, 9.17) is 0 Å². The molecule has 0 saturated carbocycles. The first-order valence-electron chi connectivity index (χ1n) is 8.32. The summed E-state index contributed by atoms with van der Waals surface area (Å²) in [5.41, 5.74) is 2.07. The van der Waals surface area contributed by atoms with Gasteiger partial charge in [-0.05, 0) is 25.7 Å². The minimum Gasteiger partial charge on any atom is -0.396 e. The number of aryl methyl sites for hydroxylation is 1. The molecule has 128 valence electrons. The molecule has 1 unspecified atom stereocenters. The average Bonchev–Trinajstić information content (AvgIpc) is 3.01. The van der Waals surface area contributed by atoms with Gasteiger partial charge in [-0.2, -0.15) is 0 Å². The number of hydrogen-bond acceptors (Lipinski definition) is 4. The molecule has 2 N–H and O–H groups in total. The van der Waals surface area contributed by atoms with Gasteiger partial charge >= 0.3 is 6.03 Å². The van der Waals surface area contributed by atoms with Crippen molar-refractivity contribution in [3.8, 4) is 10.6 Å². The Labute approximate surface area is 146 Å². The van der Waals surface area contributed by atoms with Crippen LogP contribution in [0.2, 0.25) is 0 Å². The zero-order valence-corrected chi connectivity index (χ0v) is 14.7. The largest absolute Gasteiger partial charge is 0.396 e. The second-order valence-corrected chi connectivity index (χ2v) is 7.27. The summed E-state index contributed by atoms with van der Waals surface area (Å²) in [6.45, 7) is 4.03. The fourth-order valence-corrected chi connectivity index (χ4v) is 3.97. The van der Waals surface area contributed by atoms with Crippen molar-refractivity contribution in [2.75, 3.05) is 19.7 Å². The van der Waals surface area contributed by atoms with Gasteiger partial charge in [0.2, 0.25) is 0 Å². The van der Waals surface area contributed by atoms with Crippen LogP contribution >= 0.6 is 11.3 Å². The number of aliphatic hydroxyl groups excluding tert-OH is 1. The molecular weight excluding hydrogens is 322 g/mol. The third-order valence-corrected chi connectivity index (χ3v) is 5.58. The first-order chi connectivity index (χ1) is 11.7. The van der Waals surface area contributed by atoms with Crippen molar-refractivity contribution in [2.45, 2.75) is 26.3 Å². The van der Waals surface area contributed by atoms with Crippen LogP contribution in [0, 0.1) is 12.8 Å². The number of rotatable bonds is 4. The number of urea groups is 1. The van der Waals surface area contributed by atoms with E-state index in [0.717, 1.165) is 40.5 Å². The number of carbonyl (C=O) groups excluding carboxylic acids is 1. The minimum atomic E-state index is -0.0535. The summed E-state index contributed by atoms with van der Waals surface area (Å²) in [7, 11) is 0. The average molecular weight is 345 g/mol. The summed E-state index contributed by atoms with van der Waals surface area (Å²) in [6.07, 6.45) is 1.95. The van der Waals surface area contributed by atoms with E-state index in [2.05, 4.69) is 10.3 Å². The van der Waals surface area contributed by atoms with Crippen LogP contribution in [0.15, 0.2) is 30.3 Å². The molecule has 1 aromatic carbocycles. The Hall–Kier alpha value is -1.92. The maximum absolute atomic E-state index is 12.3. The number of carbonyl (C=O) groups is 1. The van der Waals surface area contributed by atoms with E-state index in [0.29, 0.717) is 13.1 Å². The Morgan fingerprint density at radius 3 is 2.96 bits per heavy atom. The Morgan fingerprint density at radius 1 is 1.42 bits per heavy atom. The lowest BCUT2D eigenvalue weighted by Crippen LogP contribution is -2.45. The molecule has 0 spiro atoms. The van der Waals surface area contributed by atoms with E-state index in [9.17, 15) is 9.90 Å². The molecule has 1 aliphatic rings. The molecule has 1 aliphatic heterocycles. The molecule has 1 atom stereocenters. The molecule has 2 heterocycles. The summed E-state index contributed by atoms with van der Waals surface area (Å²) in [5, 5.41) is 13.3. The maximum atomic E-state index is 12.3. The number of hydrogen-bond donors (Lipinski definition) is 2. The summed E-state index contributed by atoms with van der Waals surface area (Å²) in [4.78, 5) is 19.8. The van der Waals surface area contributed by atoms with Gasteiger partial charge in [-0.15, -0.1) is 11.3 Å². The van der Waals surface area contributed by atoms with Gasteiger partial charge in [0.15, 0.2) is 0 Å². The molecular formula is C18H23N3O2S. The monoisotopic (exact) mass is 345 g/mol. The van der Waals surface area contributed by atoms with Crippen molar-refractivity contribution in [2.24, 2.45) is 5.92 Å². The van der Waals surface area contributed by atoms with Crippen LogP contribution in [0.1, 0.15) is 23.4 Å². The lowest BCUT2D eigenvalue weighted by molar-refractivity contribution is 0.129. The third kappa shape index (κ3) is 3.94. The Morgan fingerprint density at radius 2 is 2.21 bits per heavy atom. The Bertz CT molecular complexity index is 687. The minimum absolute atomic E-state index is 0.0535. The van der Waals surface area contributed by atoms with Gasteiger partial charge in [0.05, 0.1) is 12.2 Å². The number of nitrogens with zero attached hydrogens (tertiary/aromatic N) is 2. The highest BCUT2D eigenvalue weighted by atomic mass is 32.1. The number of benzene rings is 1. The van der Waals surface area contributed by atoms with Gasteiger partial charge in [-0.25, -0.2) is 9.78 Å². The first-order valence-corrected chi connectivity index (χ1v) is 9.14. The van der Waals surface area contributed by atoms with E-state index in [1.807, 2.05) is 37.3 Å². The third-order valence-electron chi connectivity index (χ3n) is 4.38. The fraction of sp³-hybridized carbons (Fsp3) is 0.444. The Balaban J connectivity index is 1.60. The highest BCUT2D eigenvalue weighted by molar-refractivity contribution is 7.15. The molecule has 3 rings (SSSR count). The van der Waals surface area contributed by atoms with Gasteiger partial charge in [0.25, 0.3) is 0 Å². The summed E-state index contributed by atoms with van der Waals surface area (Å²) < 4.78 is 0. The molecule has 1 fully saturated rings. The molecule has 0 bridgehead atoms. The van der Waals surface area contributed by atoms with Crippen LogP contribution in [-0.2, 0) is 6.54 Å². The van der Waals surface area contributed by atoms with Gasteiger partial charge in [-0.3, -0.25) is 0 Å². The molecule has 24 heavy (non-hydrogen) atoms. The van der Waals surface area contributed by atoms with Crippen molar-refractivity contribution in [1.82, 2.24) is 15.2 Å². The predicted molar refractivity (Wildman–Crippen MR) is 95.9 cm³/mol. The fourth-order valence-electron chi connectivity index (χ4n) is 2.96. The van der Waals surface area contributed by atoms with Crippen molar-refractivity contribution in [3.05, 3.63) is 40.9 Å². The number of piperidine rings is 1. The summed E-state index contributed by atoms with van der Waals surface area (Å²) in [5.74, 6) is 0.208. The zero-order valence-electron chi connectivity index (χ0n) is 13.9. The van der Waals surface area contributed by atoms with Crippen LogP contribution in [0.5, 0.6) is 0 Å². The molecule has 2 amide bonds. The number of aromatic nitrogens is 1. The zero-order chi connectivity index (χ0) is 16.9. The van der Waals surface area contributed by atoms with E-state index in [-0.39, 0.29) is 18.6 Å². The molecule has 1 aromatic heterocycles. The van der Waals surface area contributed by atoms with Crippen LogP contribution in [0.4, 0.5) is 4.79 Å². The van der Waals surface area contributed by atoms with Gasteiger partial charge in [0.1, 0.15) is 5.01 Å². The maximum Gasteiger partial charge on any atom is 0.317 e. The highest BCUT2D eigenvalue weighted by Crippen LogP contribution is 2.27. The number of aliphatic hydroxyl groups is 1. The molecule has 6 heteroatoms. The van der Waals surface area contributed by atoms with E-state index in [1.54, 1.807) is 16.2 Å². The van der Waals surface area contributed by atoms with Crippen LogP contribution in [0.25, 0.3) is 10.6 Å². The van der Waals surface area contributed by atoms with Crippen LogP contribution < -0.4 is 5.32 Å². The second kappa shape index (κ2) is 7.77. The van der Waals surface area contributed by atoms with Crippen molar-refractivity contribution in [1.29, 1.82) is 0 Å². The normalized spacial score (nSPS) is 17.8. The molecule has 2 aromatic rings. The number of thiazole rings is 1. The second-order valence-electron chi connectivity index (χ2n) is 6.19. The summed E-state index contributed by atoms with van der Waals surface area (Å²) in [6, 6.07) is 10.0. The van der Waals surface area contributed by atoms with E-state index in [1.165, 1.54) is 0 Å². The Kier molecular flexibility index (Phi) is 5.48. The highest BCUT2D eigenvalue weighted by Gasteiger charge is 2.23. The first kappa shape index (κ1) is 16.9. The SMILES string of the molecule is Cc1nc(-c2ccccc2)sc1CNC(=O)N1CCCC(CO)C1. The van der Waals surface area contributed by atoms with Crippen molar-refractivity contribution in [3.63, 3.8) is 0 Å². The molecule has 5 nitrogen and oxygen atoms in total. The quantitative estimate of drug-likeness (QED) is 0.895. The van der Waals surface area contributed by atoms with E-state index < -0.39 is 0 Å². The molecule has 0 aliphatic carbocycles. The van der Waals surface area contributed by atoms with Gasteiger partial charge in [0, 0.05) is 30.1 Å². The van der Waals surface area contributed by atoms with Gasteiger partial charge in [-0.1, -0.05) is 30.3 Å². The number of nitrogens with one attached hydrogen (secondary N) is 1. The standard InChI is InChI=1S/C18H23N3O2S/c1-13-16(24-17(20-13)15-7-3-2-4-8-15)10-19-18(23)21-9-5-6-14(11-21)12-22/h2-4,7-8,14,22H,5-6,9-12H2,1H3,(H,19,23). The van der Waals surface area contributed by atoms with Gasteiger partial charge < -0.3 is 15.3 Å². The van der Waals surface area contributed by atoms with Crippen molar-refractivity contribution >= 4 is 17.4 Å². The topological polar surface area (TPSA) is 65.5 Å². The summed E-state index contributed by atoms with van der Waals surface area (Å²) >= 11 is 1.62. The van der Waals surface area contributed by atoms with Crippen LogP contribution in [0.3, 0.4) is 0 Å². The lowest BCUT2D eigenvalue weighted by Gasteiger charge is -2.31. The molecule has 0 radical (unpaired) electrons. The predicted octanol–water partition coefficient (Wildman–Crippen LogP) is 3.03. The lowest BCUT2D eigenvalue weighted by atomic mass is 9.99. The van der Waals surface area contributed by atoms with E-state index >= 15 is 0 Å². The van der Waals surface area contributed by atoms with Crippen molar-refractivity contribution < 1.29 is 9.90 Å². The smallest absolute Gasteiger partial charge is 0.317 e. The number of likely N-dealkylation sites (tertiary alicyclic amines) is 1.